The second kappa shape index (κ2) is 10.3. The Hall–Kier alpha value is -3.62. The Morgan fingerprint density at radius 1 is 0.971 bits per heavy atom. The van der Waals surface area contributed by atoms with Crippen LogP contribution in [0.4, 0.5) is 29.5 Å². The number of benzene rings is 2. The third kappa shape index (κ3) is 5.72. The van der Waals surface area contributed by atoms with Gasteiger partial charge in [0.25, 0.3) is 0 Å². The lowest BCUT2D eigenvalue weighted by Crippen LogP contribution is -2.50. The number of carbonyl (C=O) groups excluding carboxylic acids is 1. The van der Waals surface area contributed by atoms with Gasteiger partial charge in [-0.1, -0.05) is 49.4 Å². The Bertz CT molecular complexity index is 1180. The summed E-state index contributed by atoms with van der Waals surface area (Å²) in [7, 11) is 0. The highest BCUT2D eigenvalue weighted by atomic mass is 19.4. The molecule has 2 heterocycles. The van der Waals surface area contributed by atoms with Gasteiger partial charge in [0.15, 0.2) is 0 Å². The first-order chi connectivity index (χ1) is 16.8. The number of carbonyl (C=O) groups is 1. The highest BCUT2D eigenvalue weighted by Gasteiger charge is 2.34. The topological polar surface area (TPSA) is 61.4 Å². The van der Waals surface area contributed by atoms with Crippen LogP contribution < -0.4 is 10.2 Å². The zero-order chi connectivity index (χ0) is 25.0. The molecular formula is C26H28F3N5O. The van der Waals surface area contributed by atoms with Crippen molar-refractivity contribution in [1.29, 1.82) is 0 Å². The molecule has 184 valence electrons. The Labute approximate surface area is 202 Å². The maximum atomic E-state index is 13.3. The molecule has 2 aromatic carbocycles. The van der Waals surface area contributed by atoms with Crippen LogP contribution in [-0.2, 0) is 19.0 Å². The largest absolute Gasteiger partial charge is 0.418 e. The zero-order valence-electron chi connectivity index (χ0n) is 19.8. The van der Waals surface area contributed by atoms with E-state index in [0.29, 0.717) is 38.4 Å². The third-order valence-electron chi connectivity index (χ3n) is 6.08. The molecule has 0 aliphatic carbocycles. The molecule has 0 atom stereocenters. The number of rotatable bonds is 5. The number of halogens is 3. The SMILES string of the molecule is CCc1nc(C)nc(N2CCN(C(=O)Nc3ccccc3C(F)(F)F)CC2)c1Cc1ccccc1. The normalized spacial score (nSPS) is 14.2. The number of piperazine rings is 1. The summed E-state index contributed by atoms with van der Waals surface area (Å²) in [6.45, 7) is 5.73. The summed E-state index contributed by atoms with van der Waals surface area (Å²) in [5.74, 6) is 1.55. The number of urea groups is 1. The molecule has 9 heteroatoms. The molecule has 2 amide bonds. The maximum absolute atomic E-state index is 13.3. The van der Waals surface area contributed by atoms with Crippen LogP contribution in [-0.4, -0.2) is 47.1 Å². The van der Waals surface area contributed by atoms with Gasteiger partial charge in [-0.05, 0) is 31.0 Å². The third-order valence-corrected chi connectivity index (χ3v) is 6.08. The number of para-hydroxylation sites is 1. The average molecular weight is 484 g/mol. The van der Waals surface area contributed by atoms with Gasteiger partial charge in [0.1, 0.15) is 11.6 Å². The second-order valence-corrected chi connectivity index (χ2v) is 8.48. The molecule has 6 nitrogen and oxygen atoms in total. The van der Waals surface area contributed by atoms with E-state index >= 15 is 0 Å². The summed E-state index contributed by atoms with van der Waals surface area (Å²) < 4.78 is 39.9. The van der Waals surface area contributed by atoms with Crippen LogP contribution in [0.2, 0.25) is 0 Å². The van der Waals surface area contributed by atoms with Crippen molar-refractivity contribution in [2.45, 2.75) is 32.9 Å². The van der Waals surface area contributed by atoms with Crippen molar-refractivity contribution in [3.8, 4) is 0 Å². The molecule has 3 aromatic rings. The van der Waals surface area contributed by atoms with Crippen molar-refractivity contribution < 1.29 is 18.0 Å². The van der Waals surface area contributed by atoms with E-state index < -0.39 is 17.8 Å². The first-order valence-corrected chi connectivity index (χ1v) is 11.6. The van der Waals surface area contributed by atoms with E-state index in [2.05, 4.69) is 34.3 Å². The van der Waals surface area contributed by atoms with Gasteiger partial charge in [-0.25, -0.2) is 14.8 Å². The van der Waals surface area contributed by atoms with Gasteiger partial charge in [-0.15, -0.1) is 0 Å². The number of alkyl halides is 3. The quantitative estimate of drug-likeness (QED) is 0.534. The molecule has 1 fully saturated rings. The standard InChI is InChI=1S/C26H28F3N5O/c1-3-22-20(17-19-9-5-4-6-10-19)24(31-18(2)30-22)33-13-15-34(16-14-33)25(35)32-23-12-8-7-11-21(23)26(27,28)29/h4-12H,3,13-17H2,1-2H3,(H,32,35). The number of aryl methyl sites for hydroxylation is 2. The van der Waals surface area contributed by atoms with Crippen molar-refractivity contribution in [2.24, 2.45) is 0 Å². The van der Waals surface area contributed by atoms with E-state index in [4.69, 9.17) is 4.98 Å². The molecule has 1 saturated heterocycles. The number of hydrogen-bond acceptors (Lipinski definition) is 4. The predicted octanol–water partition coefficient (Wildman–Crippen LogP) is 5.31. The number of nitrogens with one attached hydrogen (secondary N) is 1. The van der Waals surface area contributed by atoms with Gasteiger partial charge in [0.2, 0.25) is 0 Å². The molecule has 0 spiro atoms. The van der Waals surface area contributed by atoms with E-state index in [0.717, 1.165) is 35.1 Å². The first kappa shape index (κ1) is 24.5. The highest BCUT2D eigenvalue weighted by molar-refractivity contribution is 5.90. The minimum atomic E-state index is -4.54. The molecule has 1 aromatic heterocycles. The van der Waals surface area contributed by atoms with Crippen LogP contribution in [0.25, 0.3) is 0 Å². The smallest absolute Gasteiger partial charge is 0.353 e. The fraction of sp³-hybridized carbons (Fsp3) is 0.346. The van der Waals surface area contributed by atoms with Crippen molar-refractivity contribution in [2.75, 3.05) is 36.4 Å². The number of hydrogen-bond donors (Lipinski definition) is 1. The lowest BCUT2D eigenvalue weighted by Gasteiger charge is -2.36. The number of amides is 2. The number of nitrogens with zero attached hydrogens (tertiary/aromatic N) is 4. The Kier molecular flexibility index (Phi) is 7.23. The highest BCUT2D eigenvalue weighted by Crippen LogP contribution is 2.34. The second-order valence-electron chi connectivity index (χ2n) is 8.48. The van der Waals surface area contributed by atoms with Crippen LogP contribution in [0.1, 0.15) is 35.1 Å². The first-order valence-electron chi connectivity index (χ1n) is 11.6. The average Bonchev–Trinajstić information content (AvgIpc) is 2.85. The fourth-order valence-corrected chi connectivity index (χ4v) is 4.33. The van der Waals surface area contributed by atoms with Gasteiger partial charge >= 0.3 is 12.2 Å². The van der Waals surface area contributed by atoms with Crippen LogP contribution in [0.3, 0.4) is 0 Å². The lowest BCUT2D eigenvalue weighted by atomic mass is 10.0. The number of aromatic nitrogens is 2. The van der Waals surface area contributed by atoms with Crippen molar-refractivity contribution in [3.63, 3.8) is 0 Å². The van der Waals surface area contributed by atoms with E-state index in [1.54, 1.807) is 0 Å². The van der Waals surface area contributed by atoms with Gasteiger partial charge in [0.05, 0.1) is 11.3 Å². The van der Waals surface area contributed by atoms with E-state index in [1.165, 1.54) is 23.1 Å². The van der Waals surface area contributed by atoms with E-state index in [-0.39, 0.29) is 5.69 Å². The van der Waals surface area contributed by atoms with Crippen LogP contribution in [0.15, 0.2) is 54.6 Å². The van der Waals surface area contributed by atoms with Crippen LogP contribution >= 0.6 is 0 Å². The molecule has 1 aliphatic rings. The molecule has 35 heavy (non-hydrogen) atoms. The van der Waals surface area contributed by atoms with Crippen molar-refractivity contribution >= 4 is 17.5 Å². The van der Waals surface area contributed by atoms with Crippen LogP contribution in [0.5, 0.6) is 0 Å². The van der Waals surface area contributed by atoms with E-state index in [1.807, 2.05) is 25.1 Å². The summed E-state index contributed by atoms with van der Waals surface area (Å²) in [5, 5.41) is 2.44. The minimum absolute atomic E-state index is 0.239. The molecule has 0 radical (unpaired) electrons. The monoisotopic (exact) mass is 483 g/mol. The molecule has 1 aliphatic heterocycles. The maximum Gasteiger partial charge on any atom is 0.418 e. The lowest BCUT2D eigenvalue weighted by molar-refractivity contribution is -0.136. The Balaban J connectivity index is 1.49. The van der Waals surface area contributed by atoms with Crippen molar-refractivity contribution in [3.05, 3.63) is 82.8 Å². The molecule has 0 saturated carbocycles. The summed E-state index contributed by atoms with van der Waals surface area (Å²) in [5.41, 5.74) is 2.14. The van der Waals surface area contributed by atoms with Crippen molar-refractivity contribution in [1.82, 2.24) is 14.9 Å². The molecular weight excluding hydrogens is 455 g/mol. The fourth-order valence-electron chi connectivity index (χ4n) is 4.33. The van der Waals surface area contributed by atoms with Gasteiger partial charge < -0.3 is 15.1 Å². The molecule has 4 rings (SSSR count). The summed E-state index contributed by atoms with van der Waals surface area (Å²) >= 11 is 0. The molecule has 1 N–H and O–H groups in total. The van der Waals surface area contributed by atoms with Crippen LogP contribution in [0, 0.1) is 6.92 Å². The Morgan fingerprint density at radius 2 is 1.63 bits per heavy atom. The number of anilines is 2. The Morgan fingerprint density at radius 3 is 2.29 bits per heavy atom. The van der Waals surface area contributed by atoms with Gasteiger partial charge in [0, 0.05) is 43.9 Å². The minimum Gasteiger partial charge on any atom is -0.353 e. The summed E-state index contributed by atoms with van der Waals surface area (Å²) in [4.78, 5) is 25.8. The van der Waals surface area contributed by atoms with Gasteiger partial charge in [-0.2, -0.15) is 13.2 Å². The molecule has 0 bridgehead atoms. The summed E-state index contributed by atoms with van der Waals surface area (Å²) in [6.07, 6.45) is -3.06. The zero-order valence-corrected chi connectivity index (χ0v) is 19.8. The summed E-state index contributed by atoms with van der Waals surface area (Å²) in [6, 6.07) is 14.6. The van der Waals surface area contributed by atoms with E-state index in [9.17, 15) is 18.0 Å². The molecule has 0 unspecified atom stereocenters. The van der Waals surface area contributed by atoms with Gasteiger partial charge in [-0.3, -0.25) is 0 Å². The predicted molar refractivity (Wildman–Crippen MR) is 130 cm³/mol.